The second-order valence-corrected chi connectivity index (χ2v) is 2.08. The number of hydrogen-bond donors (Lipinski definition) is 6. The molecule has 0 saturated heterocycles. The van der Waals surface area contributed by atoms with Crippen molar-refractivity contribution < 1.29 is 73.1 Å². The van der Waals surface area contributed by atoms with E-state index >= 15 is 0 Å². The van der Waals surface area contributed by atoms with Gasteiger partial charge in [0.15, 0.2) is 0 Å². The first-order valence-electron chi connectivity index (χ1n) is 4.21. The zero-order valence-corrected chi connectivity index (χ0v) is 15.2. The van der Waals surface area contributed by atoms with Crippen LogP contribution in [0.25, 0.3) is 0 Å². The first-order valence-corrected chi connectivity index (χ1v) is 4.21. The van der Waals surface area contributed by atoms with E-state index < -0.39 is 23.9 Å². The van der Waals surface area contributed by atoms with Crippen LogP contribution < -0.4 is 12.3 Å². The molecule has 0 rings (SSSR count). The Morgan fingerprint density at radius 2 is 0.560 bits per heavy atom. The second kappa shape index (κ2) is 92.3. The van der Waals surface area contributed by atoms with E-state index in [1.54, 1.807) is 0 Å². The molecule has 0 radical (unpaired) electrons. The molecule has 0 aromatic heterocycles. The molecule has 0 aromatic rings. The Hall–Kier alpha value is -1.06. The van der Waals surface area contributed by atoms with E-state index in [2.05, 4.69) is 13.2 Å². The van der Waals surface area contributed by atoms with Crippen molar-refractivity contribution in [1.29, 1.82) is 0 Å². The number of hydrogen-bond acceptors (Lipinski definition) is 6. The molecule has 0 saturated carbocycles. The van der Waals surface area contributed by atoms with Crippen molar-refractivity contribution in [1.82, 2.24) is 12.3 Å². The van der Waals surface area contributed by atoms with Crippen molar-refractivity contribution >= 4 is 53.4 Å². The van der Waals surface area contributed by atoms with E-state index in [1.807, 2.05) is 0 Å². The van der Waals surface area contributed by atoms with E-state index in [-0.39, 0.29) is 75.4 Å². The third kappa shape index (κ3) is 8940. The van der Waals surface area contributed by atoms with Crippen LogP contribution in [0.1, 0.15) is 27.7 Å². The molecule has 0 aliphatic carbocycles. The van der Waals surface area contributed by atoms with Crippen LogP contribution >= 0.6 is 0 Å². The summed E-state index contributed by atoms with van der Waals surface area (Å²) in [6, 6.07) is 0. The van der Waals surface area contributed by atoms with Crippen molar-refractivity contribution in [3.63, 3.8) is 0 Å². The van der Waals surface area contributed by atoms with Crippen molar-refractivity contribution in [3.8, 4) is 0 Å². The molecule has 0 unspecified atom stereocenters. The van der Waals surface area contributed by atoms with Gasteiger partial charge < -0.3 is 49.2 Å². The third-order valence-electron chi connectivity index (χ3n) is 0. The Balaban J connectivity index is -0.00000000799. The minimum absolute atomic E-state index is 0. The van der Waals surface area contributed by atoms with Crippen LogP contribution in [0.3, 0.4) is 0 Å². The molecule has 0 fully saturated rings. The maximum atomic E-state index is 9.00. The van der Waals surface area contributed by atoms with E-state index in [0.717, 1.165) is 27.7 Å². The molecule has 158 valence electrons. The predicted molar refractivity (Wildman–Crippen MR) is 92.5 cm³/mol. The molecule has 0 aliphatic rings. The molecule has 0 spiro atoms. The van der Waals surface area contributed by atoms with Gasteiger partial charge in [-0.2, -0.15) is 0 Å². The van der Waals surface area contributed by atoms with Crippen LogP contribution in [0, 0.1) is 0 Å². The summed E-state index contributed by atoms with van der Waals surface area (Å²) in [7, 11) is 0. The van der Waals surface area contributed by atoms with Gasteiger partial charge in [0.25, 0.3) is 23.9 Å². The first-order chi connectivity index (χ1) is 7.93. The summed E-state index contributed by atoms with van der Waals surface area (Å²) in [5.74, 6) is -3.33. The van der Waals surface area contributed by atoms with Gasteiger partial charge in [0.05, 0.1) is 0 Å². The van der Waals surface area contributed by atoms with E-state index in [9.17, 15) is 0 Å². The van der Waals surface area contributed by atoms with Crippen molar-refractivity contribution in [3.05, 3.63) is 13.2 Å². The molecule has 0 bridgehead atoms. The van der Waals surface area contributed by atoms with Gasteiger partial charge in [0.2, 0.25) is 0 Å². The average molecular weight is 436 g/mol. The Labute approximate surface area is 179 Å². The molecule has 13 nitrogen and oxygen atoms in total. The number of aliphatic carboxylic acids is 4. The minimum atomic E-state index is -0.833. The molecule has 0 aromatic carbocycles. The van der Waals surface area contributed by atoms with Gasteiger partial charge in [-0.3, -0.25) is 19.2 Å². The normalized spacial score (nSPS) is 4.16. The monoisotopic (exact) mass is 436 g/mol. The predicted octanol–water partition coefficient (Wildman–Crippen LogP) is -1.64. The van der Waals surface area contributed by atoms with E-state index in [0.29, 0.717) is 0 Å². The molecule has 16 N–H and O–H groups in total. The maximum absolute atomic E-state index is 9.00. The van der Waals surface area contributed by atoms with Gasteiger partial charge in [-0.05, 0) is 0 Å². The van der Waals surface area contributed by atoms with Crippen molar-refractivity contribution in [2.75, 3.05) is 0 Å². The summed E-state index contributed by atoms with van der Waals surface area (Å²) in [5.41, 5.74) is 0. The van der Waals surface area contributed by atoms with Gasteiger partial charge in [0.1, 0.15) is 0 Å². The van der Waals surface area contributed by atoms with Crippen molar-refractivity contribution in [2.45, 2.75) is 27.7 Å². The molecule has 15 heteroatoms. The second-order valence-electron chi connectivity index (χ2n) is 2.08. The van der Waals surface area contributed by atoms with Crippen LogP contribution in [0.4, 0.5) is 0 Å². The standard InChI is InChI=1S/4C2H4O2.C2H4.Fe.2H3N.Na.3H2O.H/c4*1-2(3)4;1-2;;;;;;;;/h4*1H3,(H,3,4);1-2H2;;2*1H3;;3*1H2;. The number of carbonyl (C=O) groups is 4. The fourth-order valence-corrected chi connectivity index (χ4v) is 0. The van der Waals surface area contributed by atoms with Gasteiger partial charge in [-0.25, -0.2) is 0 Å². The fraction of sp³-hybridized carbons (Fsp3) is 0.400. The third-order valence-corrected chi connectivity index (χ3v) is 0. The molecule has 25 heavy (non-hydrogen) atoms. The summed E-state index contributed by atoms with van der Waals surface area (Å²) < 4.78 is 0. The van der Waals surface area contributed by atoms with Crippen LogP contribution in [0.5, 0.6) is 0 Å². The van der Waals surface area contributed by atoms with Crippen LogP contribution in [0.2, 0.25) is 0 Å². The van der Waals surface area contributed by atoms with Gasteiger partial charge in [-0.15, -0.1) is 13.2 Å². The number of carboxylic acid groups (broad SMARTS) is 4. The molecule has 0 aliphatic heterocycles. The zero-order valence-electron chi connectivity index (χ0n) is 14.1. The summed E-state index contributed by atoms with van der Waals surface area (Å²) in [5, 5.41) is 29.7. The zero-order chi connectivity index (χ0) is 16.3. The molecular formula is C10H33FeN2NaO11. The summed E-state index contributed by atoms with van der Waals surface area (Å²) >= 11 is 0. The number of rotatable bonds is 0. The molecule has 0 atom stereocenters. The Kier molecular flexibility index (Phi) is 326. The Morgan fingerprint density at radius 3 is 0.560 bits per heavy atom. The fourth-order valence-electron chi connectivity index (χ4n) is 0. The van der Waals surface area contributed by atoms with Gasteiger partial charge in [-0.1, -0.05) is 0 Å². The molecule has 0 heterocycles. The average Bonchev–Trinajstić information content (AvgIpc) is 2.01. The molecular weight excluding hydrogens is 403 g/mol. The van der Waals surface area contributed by atoms with E-state index in [1.165, 1.54) is 0 Å². The topological polar surface area (TPSA) is 314 Å². The van der Waals surface area contributed by atoms with Crippen molar-refractivity contribution in [2.24, 2.45) is 0 Å². The Bertz CT molecular complexity index is 195. The SMILES string of the molecule is C=C.CC(=O)O.CC(=O)O.CC(=O)O.CC(=O)O.N.N.O.O.O.[Fe].[NaH]. The summed E-state index contributed by atoms with van der Waals surface area (Å²) in [6.07, 6.45) is 0. The quantitative estimate of drug-likeness (QED) is 0.186. The number of carboxylic acids is 4. The summed E-state index contributed by atoms with van der Waals surface area (Å²) in [6.45, 7) is 10.3. The van der Waals surface area contributed by atoms with Crippen LogP contribution in [-0.2, 0) is 36.2 Å². The molecule has 0 amide bonds. The summed E-state index contributed by atoms with van der Waals surface area (Å²) in [4.78, 5) is 36.0. The first kappa shape index (κ1) is 88.4. The van der Waals surface area contributed by atoms with Gasteiger partial charge >= 0.3 is 29.6 Å². The van der Waals surface area contributed by atoms with E-state index in [4.69, 9.17) is 39.6 Å². The van der Waals surface area contributed by atoms with Crippen LogP contribution in [-0.4, -0.2) is 90.3 Å². The Morgan fingerprint density at radius 1 is 0.560 bits per heavy atom. The van der Waals surface area contributed by atoms with Crippen LogP contribution in [0.15, 0.2) is 13.2 Å². The van der Waals surface area contributed by atoms with Gasteiger partial charge in [0, 0.05) is 44.8 Å².